The maximum absolute atomic E-state index is 13.3. The van der Waals surface area contributed by atoms with E-state index in [1.807, 2.05) is 0 Å². The Morgan fingerprint density at radius 1 is 1.13 bits per heavy atom. The molecule has 0 aliphatic rings. The summed E-state index contributed by atoms with van der Waals surface area (Å²) in [5.74, 6) is -1.12. The number of benzene rings is 1. The number of hydrogen-bond acceptors (Lipinski definition) is 2. The highest BCUT2D eigenvalue weighted by atomic mass is 19.1. The van der Waals surface area contributed by atoms with E-state index in [1.54, 1.807) is 18.2 Å². The first-order chi connectivity index (χ1) is 7.18. The minimum absolute atomic E-state index is 0.0873. The fraction of sp³-hybridized carbons (Fsp3) is 0. The maximum Gasteiger partial charge on any atom is 0.236 e. The molecule has 1 aromatic heterocycles. The second-order valence-corrected chi connectivity index (χ2v) is 3.08. The SMILES string of the molecule is Nc1cc(-c2ccccc2F)cnc1F. The summed E-state index contributed by atoms with van der Waals surface area (Å²) in [6.07, 6.45) is 1.25. The topological polar surface area (TPSA) is 38.9 Å². The lowest BCUT2D eigenvalue weighted by atomic mass is 10.1. The minimum Gasteiger partial charge on any atom is -0.395 e. The first-order valence-corrected chi connectivity index (χ1v) is 4.34. The van der Waals surface area contributed by atoms with E-state index in [4.69, 9.17) is 5.73 Å². The smallest absolute Gasteiger partial charge is 0.236 e. The van der Waals surface area contributed by atoms with Gasteiger partial charge >= 0.3 is 0 Å². The van der Waals surface area contributed by atoms with Gasteiger partial charge in [0.05, 0.1) is 5.69 Å². The van der Waals surface area contributed by atoms with Crippen LogP contribution in [0.1, 0.15) is 0 Å². The molecule has 2 aromatic rings. The van der Waals surface area contributed by atoms with Crippen LogP contribution in [0.4, 0.5) is 14.5 Å². The highest BCUT2D eigenvalue weighted by Gasteiger charge is 2.06. The molecule has 0 aliphatic carbocycles. The molecule has 0 amide bonds. The molecule has 0 bridgehead atoms. The van der Waals surface area contributed by atoms with Crippen LogP contribution in [0.2, 0.25) is 0 Å². The van der Waals surface area contributed by atoms with Crippen molar-refractivity contribution in [3.05, 3.63) is 48.3 Å². The number of halogens is 2. The summed E-state index contributed by atoms with van der Waals surface area (Å²) in [7, 11) is 0. The lowest BCUT2D eigenvalue weighted by molar-refractivity contribution is 0.589. The first kappa shape index (κ1) is 9.58. The van der Waals surface area contributed by atoms with Crippen LogP contribution in [0.15, 0.2) is 36.5 Å². The first-order valence-electron chi connectivity index (χ1n) is 4.34. The van der Waals surface area contributed by atoms with E-state index in [0.29, 0.717) is 11.1 Å². The van der Waals surface area contributed by atoms with Crippen molar-refractivity contribution >= 4 is 5.69 Å². The van der Waals surface area contributed by atoms with E-state index in [-0.39, 0.29) is 11.5 Å². The molecule has 0 aliphatic heterocycles. The lowest BCUT2D eigenvalue weighted by Crippen LogP contribution is -1.95. The Morgan fingerprint density at radius 2 is 1.87 bits per heavy atom. The molecule has 0 spiro atoms. The number of aromatic nitrogens is 1. The van der Waals surface area contributed by atoms with Gasteiger partial charge in [0, 0.05) is 17.3 Å². The van der Waals surface area contributed by atoms with Crippen LogP contribution in [0.25, 0.3) is 11.1 Å². The van der Waals surface area contributed by atoms with Crippen molar-refractivity contribution in [1.82, 2.24) is 4.98 Å². The molecule has 76 valence electrons. The molecule has 0 unspecified atom stereocenters. The zero-order valence-corrected chi connectivity index (χ0v) is 7.74. The summed E-state index contributed by atoms with van der Waals surface area (Å²) in [5.41, 5.74) is 6.08. The summed E-state index contributed by atoms with van der Waals surface area (Å²) in [6, 6.07) is 7.55. The Hall–Kier alpha value is -1.97. The molecule has 1 aromatic carbocycles. The Kier molecular flexibility index (Phi) is 2.33. The summed E-state index contributed by atoms with van der Waals surface area (Å²) in [6.45, 7) is 0. The van der Waals surface area contributed by atoms with Gasteiger partial charge in [0.2, 0.25) is 5.95 Å². The van der Waals surface area contributed by atoms with Crippen molar-refractivity contribution in [1.29, 1.82) is 0 Å². The van der Waals surface area contributed by atoms with Gasteiger partial charge < -0.3 is 5.73 Å². The predicted molar refractivity (Wildman–Crippen MR) is 54.0 cm³/mol. The van der Waals surface area contributed by atoms with Crippen molar-refractivity contribution in [2.75, 3.05) is 5.73 Å². The molecule has 0 saturated carbocycles. The average molecular weight is 206 g/mol. The van der Waals surface area contributed by atoms with Crippen LogP contribution in [0.3, 0.4) is 0 Å². The van der Waals surface area contributed by atoms with Crippen molar-refractivity contribution < 1.29 is 8.78 Å². The van der Waals surface area contributed by atoms with Gasteiger partial charge in [-0.15, -0.1) is 0 Å². The van der Waals surface area contributed by atoms with Crippen molar-refractivity contribution in [2.24, 2.45) is 0 Å². The molecule has 4 heteroatoms. The number of rotatable bonds is 1. The molecular formula is C11H8F2N2. The molecule has 15 heavy (non-hydrogen) atoms. The van der Waals surface area contributed by atoms with Gasteiger partial charge in [0.1, 0.15) is 5.82 Å². The Labute approximate surface area is 85.4 Å². The van der Waals surface area contributed by atoms with E-state index >= 15 is 0 Å². The monoisotopic (exact) mass is 206 g/mol. The molecule has 0 radical (unpaired) electrons. The summed E-state index contributed by atoms with van der Waals surface area (Å²) < 4.78 is 26.1. The third-order valence-corrected chi connectivity index (χ3v) is 2.05. The maximum atomic E-state index is 13.3. The van der Waals surface area contributed by atoms with Gasteiger partial charge in [0.25, 0.3) is 0 Å². The highest BCUT2D eigenvalue weighted by Crippen LogP contribution is 2.23. The average Bonchev–Trinajstić information content (AvgIpc) is 2.23. The number of pyridine rings is 1. The largest absolute Gasteiger partial charge is 0.395 e. The van der Waals surface area contributed by atoms with Gasteiger partial charge in [-0.1, -0.05) is 18.2 Å². The van der Waals surface area contributed by atoms with Gasteiger partial charge in [-0.05, 0) is 12.1 Å². The zero-order valence-electron chi connectivity index (χ0n) is 7.74. The second-order valence-electron chi connectivity index (χ2n) is 3.08. The predicted octanol–water partition coefficient (Wildman–Crippen LogP) is 2.61. The number of nitrogens with zero attached hydrogens (tertiary/aromatic N) is 1. The van der Waals surface area contributed by atoms with Crippen LogP contribution in [0, 0.1) is 11.8 Å². The standard InChI is InChI=1S/C11H8F2N2/c12-9-4-2-1-3-8(9)7-5-10(14)11(13)15-6-7/h1-6H,14H2. The molecular weight excluding hydrogens is 198 g/mol. The molecule has 2 N–H and O–H groups in total. The van der Waals surface area contributed by atoms with Gasteiger partial charge in [-0.2, -0.15) is 4.39 Å². The lowest BCUT2D eigenvalue weighted by Gasteiger charge is -2.03. The summed E-state index contributed by atoms with van der Waals surface area (Å²) >= 11 is 0. The Bertz CT molecular complexity index is 498. The van der Waals surface area contributed by atoms with E-state index in [0.717, 1.165) is 0 Å². The molecule has 1 heterocycles. The van der Waals surface area contributed by atoms with Crippen LogP contribution >= 0.6 is 0 Å². The van der Waals surface area contributed by atoms with Gasteiger partial charge in [0.15, 0.2) is 0 Å². The molecule has 2 nitrogen and oxygen atoms in total. The number of hydrogen-bond donors (Lipinski definition) is 1. The van der Waals surface area contributed by atoms with Gasteiger partial charge in [-0.3, -0.25) is 0 Å². The van der Waals surface area contributed by atoms with Crippen LogP contribution in [0.5, 0.6) is 0 Å². The number of nitrogens with two attached hydrogens (primary N) is 1. The summed E-state index contributed by atoms with van der Waals surface area (Å²) in [5, 5.41) is 0. The van der Waals surface area contributed by atoms with Crippen LogP contribution in [-0.4, -0.2) is 4.98 Å². The van der Waals surface area contributed by atoms with E-state index < -0.39 is 5.95 Å². The Morgan fingerprint density at radius 3 is 2.53 bits per heavy atom. The zero-order chi connectivity index (χ0) is 10.8. The number of anilines is 1. The number of nitrogen functional groups attached to an aromatic ring is 1. The minimum atomic E-state index is -0.741. The third-order valence-electron chi connectivity index (χ3n) is 2.05. The quantitative estimate of drug-likeness (QED) is 0.728. The molecule has 0 atom stereocenters. The normalized spacial score (nSPS) is 10.3. The second kappa shape index (κ2) is 3.65. The van der Waals surface area contributed by atoms with Crippen molar-refractivity contribution in [3.63, 3.8) is 0 Å². The van der Waals surface area contributed by atoms with Crippen molar-refractivity contribution in [2.45, 2.75) is 0 Å². The van der Waals surface area contributed by atoms with E-state index in [1.165, 1.54) is 18.3 Å². The molecule has 0 fully saturated rings. The Balaban J connectivity index is 2.55. The fourth-order valence-corrected chi connectivity index (χ4v) is 1.31. The van der Waals surface area contributed by atoms with E-state index in [2.05, 4.69) is 4.98 Å². The molecule has 2 rings (SSSR count). The third kappa shape index (κ3) is 1.79. The van der Waals surface area contributed by atoms with Crippen LogP contribution in [-0.2, 0) is 0 Å². The van der Waals surface area contributed by atoms with Gasteiger partial charge in [-0.25, -0.2) is 9.37 Å². The summed E-state index contributed by atoms with van der Waals surface area (Å²) in [4.78, 5) is 3.44. The van der Waals surface area contributed by atoms with Crippen molar-refractivity contribution in [3.8, 4) is 11.1 Å². The van der Waals surface area contributed by atoms with Crippen LogP contribution < -0.4 is 5.73 Å². The molecule has 0 saturated heterocycles. The van der Waals surface area contributed by atoms with E-state index in [9.17, 15) is 8.78 Å². The highest BCUT2D eigenvalue weighted by molar-refractivity contribution is 5.66. The fourth-order valence-electron chi connectivity index (χ4n) is 1.31.